The summed E-state index contributed by atoms with van der Waals surface area (Å²) >= 11 is 0. The van der Waals surface area contributed by atoms with Crippen molar-refractivity contribution in [3.63, 3.8) is 0 Å². The fraction of sp³-hybridized carbons (Fsp3) is 0.933. The van der Waals surface area contributed by atoms with Crippen molar-refractivity contribution < 1.29 is 0 Å². The van der Waals surface area contributed by atoms with Gasteiger partial charge in [-0.3, -0.25) is 5.32 Å². The number of nitrogens with zero attached hydrogens (tertiary/aromatic N) is 2. The molecule has 18 heavy (non-hydrogen) atoms. The first-order chi connectivity index (χ1) is 8.67. The molecule has 0 aromatic rings. The Balaban J connectivity index is 2.40. The molecule has 0 heterocycles. The normalized spacial score (nSPS) is 27.6. The van der Waals surface area contributed by atoms with E-state index in [-0.39, 0.29) is 5.54 Å². The predicted octanol–water partition coefficient (Wildman–Crippen LogP) is 2.92. The molecule has 2 atom stereocenters. The van der Waals surface area contributed by atoms with Gasteiger partial charge in [-0.25, -0.2) is 0 Å². The van der Waals surface area contributed by atoms with Crippen LogP contribution >= 0.6 is 0 Å². The molecule has 104 valence electrons. The molecular formula is C15H29N3. The number of nitriles is 1. The lowest BCUT2D eigenvalue weighted by Crippen LogP contribution is -2.43. The molecule has 1 aliphatic carbocycles. The number of rotatable bonds is 8. The summed E-state index contributed by atoms with van der Waals surface area (Å²) in [6, 6.07) is 3.12. The highest BCUT2D eigenvalue weighted by atomic mass is 15.1. The zero-order chi connectivity index (χ0) is 13.4. The Labute approximate surface area is 113 Å². The van der Waals surface area contributed by atoms with Crippen molar-refractivity contribution >= 4 is 0 Å². The van der Waals surface area contributed by atoms with Crippen molar-refractivity contribution in [1.82, 2.24) is 10.2 Å². The molecule has 0 aliphatic heterocycles. The molecule has 0 radical (unpaired) electrons. The lowest BCUT2D eigenvalue weighted by Gasteiger charge is -2.27. The van der Waals surface area contributed by atoms with E-state index in [4.69, 9.17) is 0 Å². The molecule has 0 amide bonds. The first-order valence-corrected chi connectivity index (χ1v) is 7.54. The monoisotopic (exact) mass is 251 g/mol. The molecular weight excluding hydrogens is 222 g/mol. The summed E-state index contributed by atoms with van der Waals surface area (Å²) in [4.78, 5) is 2.46. The number of nitrogens with one attached hydrogen (secondary N) is 1. The third-order valence-corrected chi connectivity index (χ3v) is 4.15. The zero-order valence-corrected chi connectivity index (χ0v) is 12.3. The average molecular weight is 251 g/mol. The second-order valence-corrected chi connectivity index (χ2v) is 5.71. The maximum Gasteiger partial charge on any atom is 0.108 e. The van der Waals surface area contributed by atoms with Gasteiger partial charge in [0, 0.05) is 6.04 Å². The van der Waals surface area contributed by atoms with Crippen LogP contribution in [0.15, 0.2) is 0 Å². The maximum absolute atomic E-state index is 9.43. The second-order valence-electron chi connectivity index (χ2n) is 5.71. The quantitative estimate of drug-likeness (QED) is 0.674. The minimum Gasteiger partial charge on any atom is -0.303 e. The Hall–Kier alpha value is -0.590. The summed E-state index contributed by atoms with van der Waals surface area (Å²) in [5, 5.41) is 12.9. The smallest absolute Gasteiger partial charge is 0.108 e. The van der Waals surface area contributed by atoms with E-state index in [1.54, 1.807) is 0 Å². The van der Waals surface area contributed by atoms with Gasteiger partial charge in [0.2, 0.25) is 0 Å². The highest BCUT2D eigenvalue weighted by molar-refractivity contribution is 5.13. The van der Waals surface area contributed by atoms with E-state index in [2.05, 4.69) is 37.2 Å². The Morgan fingerprint density at radius 2 is 2.11 bits per heavy atom. The molecule has 1 saturated carbocycles. The van der Waals surface area contributed by atoms with Gasteiger partial charge in [0.15, 0.2) is 0 Å². The third kappa shape index (κ3) is 4.26. The van der Waals surface area contributed by atoms with Gasteiger partial charge in [0.1, 0.15) is 5.54 Å². The molecule has 2 unspecified atom stereocenters. The zero-order valence-electron chi connectivity index (χ0n) is 12.3. The summed E-state index contributed by atoms with van der Waals surface area (Å²) in [5.41, 5.74) is -0.250. The highest BCUT2D eigenvalue weighted by Gasteiger charge is 2.40. The van der Waals surface area contributed by atoms with Crippen molar-refractivity contribution in [2.45, 2.75) is 70.4 Å². The Morgan fingerprint density at radius 3 is 2.72 bits per heavy atom. The largest absolute Gasteiger partial charge is 0.303 e. The fourth-order valence-corrected chi connectivity index (χ4v) is 2.86. The van der Waals surface area contributed by atoms with E-state index >= 15 is 0 Å². The summed E-state index contributed by atoms with van der Waals surface area (Å²) in [6.07, 6.45) is 8.13. The van der Waals surface area contributed by atoms with Crippen molar-refractivity contribution in [3.8, 4) is 6.07 Å². The van der Waals surface area contributed by atoms with Gasteiger partial charge in [-0.15, -0.1) is 0 Å². The van der Waals surface area contributed by atoms with Crippen LogP contribution in [0.5, 0.6) is 0 Å². The molecule has 0 saturated heterocycles. The van der Waals surface area contributed by atoms with Crippen LogP contribution in [0.3, 0.4) is 0 Å². The Bertz CT molecular complexity index is 271. The minimum absolute atomic E-state index is 0.250. The predicted molar refractivity (Wildman–Crippen MR) is 76.4 cm³/mol. The molecule has 3 heteroatoms. The maximum atomic E-state index is 9.43. The van der Waals surface area contributed by atoms with Crippen molar-refractivity contribution in [2.75, 3.05) is 20.1 Å². The van der Waals surface area contributed by atoms with E-state index < -0.39 is 0 Å². The lowest BCUT2D eigenvalue weighted by atomic mass is 9.99. The van der Waals surface area contributed by atoms with E-state index in [1.807, 2.05) is 0 Å². The third-order valence-electron chi connectivity index (χ3n) is 4.15. The molecule has 0 aromatic heterocycles. The number of unbranched alkanes of at least 4 members (excludes halogenated alkanes) is 2. The van der Waals surface area contributed by atoms with Crippen molar-refractivity contribution in [2.24, 2.45) is 0 Å². The Morgan fingerprint density at radius 1 is 1.33 bits per heavy atom. The minimum atomic E-state index is -0.250. The SMILES string of the molecule is CCCCCN(C)C1CCC(C#N)(NCCC)C1. The first-order valence-electron chi connectivity index (χ1n) is 7.54. The van der Waals surface area contributed by atoms with Crippen LogP contribution in [0.1, 0.15) is 58.8 Å². The van der Waals surface area contributed by atoms with Crippen molar-refractivity contribution in [1.29, 1.82) is 5.26 Å². The van der Waals surface area contributed by atoms with Crippen LogP contribution in [0, 0.1) is 11.3 Å². The molecule has 1 aliphatic rings. The molecule has 1 N–H and O–H groups in total. The van der Waals surface area contributed by atoms with Crippen LogP contribution in [0.4, 0.5) is 0 Å². The van der Waals surface area contributed by atoms with Crippen LogP contribution in [-0.2, 0) is 0 Å². The molecule has 0 bridgehead atoms. The number of hydrogen-bond acceptors (Lipinski definition) is 3. The molecule has 0 spiro atoms. The van der Waals surface area contributed by atoms with Gasteiger partial charge < -0.3 is 4.90 Å². The molecule has 1 rings (SSSR count). The van der Waals surface area contributed by atoms with Gasteiger partial charge in [0.05, 0.1) is 6.07 Å². The fourth-order valence-electron chi connectivity index (χ4n) is 2.86. The van der Waals surface area contributed by atoms with E-state index in [1.165, 1.54) is 25.8 Å². The summed E-state index contributed by atoms with van der Waals surface area (Å²) in [7, 11) is 2.22. The molecule has 0 aromatic carbocycles. The topological polar surface area (TPSA) is 39.1 Å². The average Bonchev–Trinajstić information content (AvgIpc) is 2.82. The van der Waals surface area contributed by atoms with Gasteiger partial charge in [-0.1, -0.05) is 26.7 Å². The summed E-state index contributed by atoms with van der Waals surface area (Å²) in [5.74, 6) is 0. The first kappa shape index (κ1) is 15.5. The molecule has 3 nitrogen and oxygen atoms in total. The van der Waals surface area contributed by atoms with E-state index in [9.17, 15) is 5.26 Å². The van der Waals surface area contributed by atoms with E-state index in [0.29, 0.717) is 6.04 Å². The van der Waals surface area contributed by atoms with Gasteiger partial charge >= 0.3 is 0 Å². The summed E-state index contributed by atoms with van der Waals surface area (Å²) < 4.78 is 0. The molecule has 1 fully saturated rings. The highest BCUT2D eigenvalue weighted by Crippen LogP contribution is 2.32. The van der Waals surface area contributed by atoms with Crippen LogP contribution < -0.4 is 5.32 Å². The van der Waals surface area contributed by atoms with Gasteiger partial charge in [-0.05, 0) is 52.2 Å². The standard InChI is InChI=1S/C15H29N3/c1-4-6-7-11-18(3)14-8-9-15(12-14,13-16)17-10-5-2/h14,17H,4-12H2,1-3H3. The van der Waals surface area contributed by atoms with E-state index in [0.717, 1.165) is 32.2 Å². The van der Waals surface area contributed by atoms with Gasteiger partial charge in [0.25, 0.3) is 0 Å². The van der Waals surface area contributed by atoms with Crippen LogP contribution in [0.25, 0.3) is 0 Å². The lowest BCUT2D eigenvalue weighted by molar-refractivity contribution is 0.231. The van der Waals surface area contributed by atoms with Gasteiger partial charge in [-0.2, -0.15) is 5.26 Å². The second kappa shape index (κ2) is 7.76. The summed E-state index contributed by atoms with van der Waals surface area (Å²) in [6.45, 7) is 6.53. The van der Waals surface area contributed by atoms with Crippen LogP contribution in [0.2, 0.25) is 0 Å². The van der Waals surface area contributed by atoms with Crippen molar-refractivity contribution in [3.05, 3.63) is 0 Å². The Kier molecular flexibility index (Phi) is 6.67. The number of hydrogen-bond donors (Lipinski definition) is 1. The van der Waals surface area contributed by atoms with Crippen LogP contribution in [-0.4, -0.2) is 36.6 Å².